The maximum absolute atomic E-state index is 13.2. The molecule has 1 aliphatic heterocycles. The topological polar surface area (TPSA) is 62.6 Å². The third-order valence-electron chi connectivity index (χ3n) is 5.32. The molecule has 0 bridgehead atoms. The van der Waals surface area contributed by atoms with E-state index in [0.29, 0.717) is 23.6 Å². The van der Waals surface area contributed by atoms with Gasteiger partial charge in [0.1, 0.15) is 11.4 Å². The highest BCUT2D eigenvalue weighted by Gasteiger charge is 2.23. The van der Waals surface area contributed by atoms with Crippen molar-refractivity contribution >= 4 is 5.91 Å². The van der Waals surface area contributed by atoms with Gasteiger partial charge in [-0.2, -0.15) is 5.10 Å². The van der Waals surface area contributed by atoms with Gasteiger partial charge in [0.15, 0.2) is 0 Å². The molecule has 0 atom stereocenters. The summed E-state index contributed by atoms with van der Waals surface area (Å²) in [6.07, 6.45) is 1.82. The van der Waals surface area contributed by atoms with Gasteiger partial charge in [-0.1, -0.05) is 42.5 Å². The number of hydrazine groups is 1. The lowest BCUT2D eigenvalue weighted by molar-refractivity contribution is 0.0663. The van der Waals surface area contributed by atoms with Crippen molar-refractivity contribution in [1.29, 1.82) is 0 Å². The van der Waals surface area contributed by atoms with E-state index in [2.05, 4.69) is 29.5 Å². The number of piperazine rings is 1. The molecule has 2 heterocycles. The van der Waals surface area contributed by atoms with E-state index < -0.39 is 0 Å². The molecule has 1 aliphatic rings. The molecule has 0 aliphatic carbocycles. The smallest absolute Gasteiger partial charge is 0.269 e. The minimum absolute atomic E-state index is 0.153. The van der Waals surface area contributed by atoms with Gasteiger partial charge in [0.2, 0.25) is 0 Å². The molecule has 1 saturated heterocycles. The van der Waals surface area contributed by atoms with E-state index in [1.165, 1.54) is 0 Å². The Kier molecular flexibility index (Phi) is 6.11. The van der Waals surface area contributed by atoms with E-state index >= 15 is 0 Å². The first-order valence-electron chi connectivity index (χ1n) is 10.1. The van der Waals surface area contributed by atoms with Crippen LogP contribution in [0.25, 0.3) is 11.3 Å². The Hall–Kier alpha value is -3.16. The molecule has 7 nitrogen and oxygen atoms in total. The van der Waals surface area contributed by atoms with Gasteiger partial charge >= 0.3 is 0 Å². The van der Waals surface area contributed by atoms with E-state index in [1.54, 1.807) is 7.11 Å². The Bertz CT molecular complexity index is 994. The third-order valence-corrected chi connectivity index (χ3v) is 5.32. The molecule has 0 unspecified atom stereocenters. The fourth-order valence-corrected chi connectivity index (χ4v) is 3.60. The number of aromatic nitrogens is 2. The number of para-hydroxylation sites is 1. The molecule has 156 valence electrons. The number of hydrogen-bond acceptors (Lipinski definition) is 5. The van der Waals surface area contributed by atoms with Gasteiger partial charge in [-0.05, 0) is 24.7 Å². The van der Waals surface area contributed by atoms with Crippen LogP contribution in [0.1, 0.15) is 15.9 Å². The number of rotatable bonds is 6. The van der Waals surface area contributed by atoms with Crippen molar-refractivity contribution in [2.45, 2.75) is 6.54 Å². The third kappa shape index (κ3) is 4.53. The molecule has 1 amide bonds. The molecule has 2 aromatic carbocycles. The van der Waals surface area contributed by atoms with Gasteiger partial charge in [-0.3, -0.25) is 14.9 Å². The number of ether oxygens (including phenoxy) is 1. The Labute approximate surface area is 176 Å². The Morgan fingerprint density at radius 1 is 1.03 bits per heavy atom. The first-order chi connectivity index (χ1) is 14.6. The first-order valence-corrected chi connectivity index (χ1v) is 10.1. The van der Waals surface area contributed by atoms with Crippen LogP contribution in [0.3, 0.4) is 0 Å². The minimum Gasteiger partial charge on any atom is -0.496 e. The number of likely N-dealkylation sites (N-methyl/N-ethyl adjacent to an activating group) is 1. The van der Waals surface area contributed by atoms with E-state index in [-0.39, 0.29) is 5.91 Å². The number of carbonyl (C=O) groups is 1. The van der Waals surface area contributed by atoms with Crippen molar-refractivity contribution in [3.63, 3.8) is 0 Å². The zero-order valence-corrected chi connectivity index (χ0v) is 17.4. The van der Waals surface area contributed by atoms with Gasteiger partial charge in [-0.25, -0.2) is 5.01 Å². The molecule has 1 aromatic heterocycles. The summed E-state index contributed by atoms with van der Waals surface area (Å²) < 4.78 is 7.34. The summed E-state index contributed by atoms with van der Waals surface area (Å²) in [4.78, 5) is 15.4. The Balaban J connectivity index is 1.65. The standard InChI is InChI=1S/C23H27N5O2/c1-26-12-14-27(15-13-26)25-23(29)20-17-28(16-18-8-4-3-5-9-18)24-22(20)19-10-6-7-11-21(19)30-2/h3-11,17H,12-16H2,1-2H3,(H,25,29). The van der Waals surface area contributed by atoms with Crippen molar-refractivity contribution in [2.75, 3.05) is 40.3 Å². The van der Waals surface area contributed by atoms with E-state index in [4.69, 9.17) is 9.84 Å². The summed E-state index contributed by atoms with van der Waals surface area (Å²) in [5.41, 5.74) is 6.13. The van der Waals surface area contributed by atoms with Crippen molar-refractivity contribution in [2.24, 2.45) is 0 Å². The van der Waals surface area contributed by atoms with Crippen LogP contribution in [0.4, 0.5) is 0 Å². The minimum atomic E-state index is -0.153. The predicted octanol–water partition coefficient (Wildman–Crippen LogP) is 2.50. The second-order valence-electron chi connectivity index (χ2n) is 7.51. The van der Waals surface area contributed by atoms with Crippen LogP contribution in [0.5, 0.6) is 5.75 Å². The second-order valence-corrected chi connectivity index (χ2v) is 7.51. The highest BCUT2D eigenvalue weighted by atomic mass is 16.5. The van der Waals surface area contributed by atoms with Crippen LogP contribution in [0.2, 0.25) is 0 Å². The van der Waals surface area contributed by atoms with Crippen LogP contribution >= 0.6 is 0 Å². The van der Waals surface area contributed by atoms with E-state index in [9.17, 15) is 4.79 Å². The highest BCUT2D eigenvalue weighted by molar-refractivity contribution is 6.00. The fraction of sp³-hybridized carbons (Fsp3) is 0.304. The number of nitrogens with one attached hydrogen (secondary N) is 1. The number of benzene rings is 2. The average Bonchev–Trinajstić information content (AvgIpc) is 3.19. The second kappa shape index (κ2) is 9.11. The predicted molar refractivity (Wildman–Crippen MR) is 116 cm³/mol. The van der Waals surface area contributed by atoms with Crippen LogP contribution in [-0.4, -0.2) is 65.9 Å². The van der Waals surface area contributed by atoms with Crippen molar-refractivity contribution < 1.29 is 9.53 Å². The summed E-state index contributed by atoms with van der Waals surface area (Å²) in [6, 6.07) is 17.7. The summed E-state index contributed by atoms with van der Waals surface area (Å²) in [5, 5.41) is 6.73. The van der Waals surface area contributed by atoms with Crippen LogP contribution in [-0.2, 0) is 6.54 Å². The molecular formula is C23H27N5O2. The summed E-state index contributed by atoms with van der Waals surface area (Å²) >= 11 is 0. The number of amides is 1. The fourth-order valence-electron chi connectivity index (χ4n) is 3.60. The number of carbonyl (C=O) groups excluding carboxylic acids is 1. The molecule has 1 N–H and O–H groups in total. The number of hydrogen-bond donors (Lipinski definition) is 1. The van der Waals surface area contributed by atoms with Crippen molar-refractivity contribution in [1.82, 2.24) is 25.1 Å². The summed E-state index contributed by atoms with van der Waals surface area (Å²) in [6.45, 7) is 4.03. The van der Waals surface area contributed by atoms with Crippen LogP contribution in [0.15, 0.2) is 60.8 Å². The van der Waals surface area contributed by atoms with Gasteiger partial charge in [0.25, 0.3) is 5.91 Å². The lowest BCUT2D eigenvalue weighted by Crippen LogP contribution is -2.52. The van der Waals surface area contributed by atoms with Crippen molar-refractivity contribution in [3.8, 4) is 17.0 Å². The molecule has 0 spiro atoms. The molecule has 0 radical (unpaired) electrons. The zero-order chi connectivity index (χ0) is 20.9. The SMILES string of the molecule is COc1ccccc1-c1nn(Cc2ccccc2)cc1C(=O)NN1CCN(C)CC1. The molecule has 30 heavy (non-hydrogen) atoms. The van der Waals surface area contributed by atoms with Crippen molar-refractivity contribution in [3.05, 3.63) is 71.9 Å². The van der Waals surface area contributed by atoms with Gasteiger partial charge in [0, 0.05) is 37.9 Å². The van der Waals surface area contributed by atoms with Crippen LogP contribution in [0, 0.1) is 0 Å². The van der Waals surface area contributed by atoms with E-state index in [0.717, 1.165) is 37.3 Å². The zero-order valence-electron chi connectivity index (χ0n) is 17.4. The monoisotopic (exact) mass is 405 g/mol. The maximum atomic E-state index is 13.2. The summed E-state index contributed by atoms with van der Waals surface area (Å²) in [7, 11) is 3.72. The van der Waals surface area contributed by atoms with Crippen LogP contribution < -0.4 is 10.2 Å². The van der Waals surface area contributed by atoms with E-state index in [1.807, 2.05) is 58.4 Å². The average molecular weight is 406 g/mol. The number of methoxy groups -OCH3 is 1. The quantitative estimate of drug-likeness (QED) is 0.683. The van der Waals surface area contributed by atoms with Gasteiger partial charge in [0.05, 0.1) is 19.2 Å². The normalized spacial score (nSPS) is 15.1. The molecular weight excluding hydrogens is 378 g/mol. The lowest BCUT2D eigenvalue weighted by Gasteiger charge is -2.32. The highest BCUT2D eigenvalue weighted by Crippen LogP contribution is 2.31. The first kappa shape index (κ1) is 20.1. The largest absolute Gasteiger partial charge is 0.496 e. The maximum Gasteiger partial charge on any atom is 0.269 e. The number of nitrogens with zero attached hydrogens (tertiary/aromatic N) is 4. The Morgan fingerprint density at radius 2 is 1.73 bits per heavy atom. The molecule has 1 fully saturated rings. The Morgan fingerprint density at radius 3 is 2.47 bits per heavy atom. The molecule has 3 aromatic rings. The lowest BCUT2D eigenvalue weighted by atomic mass is 10.1. The van der Waals surface area contributed by atoms with Gasteiger partial charge in [-0.15, -0.1) is 0 Å². The molecule has 4 rings (SSSR count). The molecule has 7 heteroatoms. The molecule has 0 saturated carbocycles. The summed E-state index contributed by atoms with van der Waals surface area (Å²) in [5.74, 6) is 0.538. The van der Waals surface area contributed by atoms with Gasteiger partial charge < -0.3 is 9.64 Å².